The van der Waals surface area contributed by atoms with E-state index in [1.807, 2.05) is 0 Å². The first-order valence-corrected chi connectivity index (χ1v) is 12.8. The Morgan fingerprint density at radius 3 is 0.949 bits per heavy atom. The van der Waals surface area contributed by atoms with E-state index < -0.39 is 35.9 Å². The number of carbonyl (C=O) groups is 7. The van der Waals surface area contributed by atoms with E-state index in [0.29, 0.717) is 6.54 Å². The van der Waals surface area contributed by atoms with Gasteiger partial charge in [-0.05, 0) is 14.1 Å². The van der Waals surface area contributed by atoms with Crippen molar-refractivity contribution in [1.29, 1.82) is 16.2 Å². The third-order valence-electron chi connectivity index (χ3n) is 3.42. The second-order valence-electron chi connectivity index (χ2n) is 7.87. The second kappa shape index (κ2) is 76.2. The first-order chi connectivity index (χ1) is 23.3. The van der Waals surface area contributed by atoms with Gasteiger partial charge in [-0.1, -0.05) is 29.7 Å². The molecule has 0 aromatic rings. The minimum atomic E-state index is -0.993. The lowest BCUT2D eigenvalue weighted by atomic mass is 10.6. The van der Waals surface area contributed by atoms with E-state index in [2.05, 4.69) is 33.2 Å². The van der Waals surface area contributed by atoms with E-state index in [1.54, 1.807) is 26.0 Å². The van der Waals surface area contributed by atoms with Crippen molar-refractivity contribution < 1.29 is 87.5 Å². The Kier molecular flexibility index (Phi) is 135. The van der Waals surface area contributed by atoms with Gasteiger partial charge < -0.3 is 107 Å². The quantitative estimate of drug-likeness (QED) is 0.0755. The van der Waals surface area contributed by atoms with Crippen molar-refractivity contribution >= 4 is 59.7 Å². The molecule has 1 aliphatic rings. The van der Waals surface area contributed by atoms with E-state index in [9.17, 15) is 28.8 Å². The van der Waals surface area contributed by atoms with Crippen LogP contribution in [0.3, 0.4) is 0 Å². The monoisotopic (exact) mass is 891 g/mol. The molecular weight excluding hydrogens is 812 g/mol. The summed E-state index contributed by atoms with van der Waals surface area (Å²) in [4.78, 5) is 85.3. The highest BCUT2D eigenvalue weighted by Gasteiger charge is 2.18. The second-order valence-corrected chi connectivity index (χ2v) is 7.87. The average molecular weight is 891 g/mol. The van der Waals surface area contributed by atoms with Crippen molar-refractivity contribution in [3.8, 4) is 0 Å². The number of amides is 3. The van der Waals surface area contributed by atoms with Gasteiger partial charge in [0, 0.05) is 39.6 Å². The Morgan fingerprint density at radius 1 is 0.695 bits per heavy atom. The number of urea groups is 1. The smallest absolute Gasteiger partial charge is 0.323 e. The molecule has 0 unspecified atom stereocenters. The highest BCUT2D eigenvalue weighted by atomic mass is 16.7. The van der Waals surface area contributed by atoms with Crippen molar-refractivity contribution in [3.05, 3.63) is 9.93 Å². The van der Waals surface area contributed by atoms with Crippen LogP contribution in [0, 0.1) is 26.2 Å². The Bertz CT molecular complexity index is 1000. The van der Waals surface area contributed by atoms with Crippen LogP contribution in [0.2, 0.25) is 0 Å². The molecule has 366 valence electrons. The highest BCUT2D eigenvalue weighted by Crippen LogP contribution is 1.89. The SMILES string of the molecule is C.C.C.C.CN(CC(=O)O)C(=N)N.CN(CC(=O)O)C(=N)N.CN1CC(=O)NC1=N.CNCC(=O)O.CNCC(=O)O.CO.NC(N)=O.NCC(=O)O.O.O.O.O.O=O.[HH]. The molecule has 0 atom stereocenters. The number of aliphatic hydroxyl groups excluding tert-OH is 1. The molecule has 1 fully saturated rings. The molecule has 0 radical (unpaired) electrons. The van der Waals surface area contributed by atoms with Crippen molar-refractivity contribution in [2.24, 2.45) is 28.7 Å². The average Bonchev–Trinajstić information content (AvgIpc) is 3.29. The standard InChI is InChI=1S/2C4H9N3O2.C4H7N3O.2C3H7NO2.C2H5NO2.CH4N2O.CH4O.4CH4.O2.4H2O.H2/c2*1-7(4(5)6)2-3(8)9;1-7-2-3(8)6-4(7)5;2*1-4-2-3(5)6;3-1-2(4)5;2-1(3)4;1-2;;;;;1-2;;;;;/h2*2H2,1H3,(H3,5,6)(H,8,9);2H2,1H3,(H2,5,6,8);2*4H,2H2,1H3,(H,5,6);1,3H2,(H,4,5);(H4,2,3,4);2H,1H3;4*1H4;;4*1H2;1H. The molecule has 1 rings (SSSR count). The number of hydrogen-bond acceptors (Lipinski definition) is 16. The van der Waals surface area contributed by atoms with Crippen LogP contribution >= 0.6 is 0 Å². The first-order valence-electron chi connectivity index (χ1n) is 12.8. The molecule has 0 saturated carbocycles. The first kappa shape index (κ1) is 104. The van der Waals surface area contributed by atoms with Crippen molar-refractivity contribution in [2.75, 3.05) is 81.6 Å². The van der Waals surface area contributed by atoms with E-state index in [1.165, 1.54) is 14.1 Å². The molecule has 33 heteroatoms. The lowest BCUT2D eigenvalue weighted by Crippen LogP contribution is -2.36. The van der Waals surface area contributed by atoms with Crippen LogP contribution in [0.15, 0.2) is 0 Å². The zero-order chi connectivity index (χ0) is 42.9. The van der Waals surface area contributed by atoms with Crippen LogP contribution in [0.1, 0.15) is 31.1 Å². The van der Waals surface area contributed by atoms with Crippen molar-refractivity contribution in [1.82, 2.24) is 30.7 Å². The molecule has 0 aliphatic carbocycles. The minimum absolute atomic E-state index is 0. The normalized spacial score (nSPS) is 8.10. The van der Waals surface area contributed by atoms with Crippen LogP contribution in [0.25, 0.3) is 0 Å². The molecule has 0 aromatic carbocycles. The van der Waals surface area contributed by atoms with Crippen molar-refractivity contribution in [3.63, 3.8) is 0 Å². The van der Waals surface area contributed by atoms with Gasteiger partial charge in [0.05, 0.1) is 26.2 Å². The Hall–Kier alpha value is -6.62. The fraction of sp³-hybridized carbons (Fsp3) is 0.615. The van der Waals surface area contributed by atoms with Gasteiger partial charge in [0.15, 0.2) is 17.9 Å². The number of likely N-dealkylation sites (N-methyl/N-ethyl adjacent to an activating group) is 5. The maximum atomic E-state index is 10.4. The van der Waals surface area contributed by atoms with Gasteiger partial charge in [-0.15, -0.1) is 0 Å². The third-order valence-corrected chi connectivity index (χ3v) is 3.42. The van der Waals surface area contributed by atoms with Gasteiger partial charge in [-0.25, -0.2) is 4.79 Å². The molecule has 3 amide bonds. The van der Waals surface area contributed by atoms with Gasteiger partial charge in [0.2, 0.25) is 5.91 Å². The Morgan fingerprint density at radius 2 is 0.915 bits per heavy atom. The molecule has 1 aliphatic heterocycles. The van der Waals surface area contributed by atoms with Crippen LogP contribution in [-0.4, -0.2) is 209 Å². The van der Waals surface area contributed by atoms with Crippen LogP contribution < -0.4 is 44.6 Å². The number of nitrogens with zero attached hydrogens (tertiary/aromatic N) is 3. The summed E-state index contributed by atoms with van der Waals surface area (Å²) in [5.74, 6) is -4.98. The molecule has 0 aromatic heterocycles. The Labute approximate surface area is 344 Å². The summed E-state index contributed by atoms with van der Waals surface area (Å²) in [6.07, 6.45) is 0. The van der Waals surface area contributed by atoms with Crippen LogP contribution in [-0.2, 0) is 28.8 Å². The van der Waals surface area contributed by atoms with E-state index in [4.69, 9.17) is 73.1 Å². The van der Waals surface area contributed by atoms with Gasteiger partial charge >= 0.3 is 35.9 Å². The number of aliphatic hydroxyl groups is 1. The molecule has 0 spiro atoms. The Balaban J connectivity index is -0.0000000233. The summed E-state index contributed by atoms with van der Waals surface area (Å²) < 4.78 is 0. The minimum Gasteiger partial charge on any atom is -0.480 e. The van der Waals surface area contributed by atoms with Gasteiger partial charge in [-0.3, -0.25) is 50.3 Å². The number of carboxylic acids is 5. The van der Waals surface area contributed by atoms with Gasteiger partial charge in [0.25, 0.3) is 0 Å². The molecular formula is C26H78N14O19. The number of aliphatic carboxylic acids is 5. The fourth-order valence-electron chi connectivity index (χ4n) is 1.44. The zero-order valence-electron chi connectivity index (χ0n) is 30.8. The summed E-state index contributed by atoms with van der Waals surface area (Å²) >= 11 is 0. The molecule has 0 bridgehead atoms. The predicted octanol–water partition coefficient (Wildman–Crippen LogP) is -7.42. The topological polar surface area (TPSA) is 648 Å². The van der Waals surface area contributed by atoms with E-state index >= 15 is 0 Å². The zero-order valence-corrected chi connectivity index (χ0v) is 30.8. The van der Waals surface area contributed by atoms with Crippen molar-refractivity contribution in [2.45, 2.75) is 29.7 Å². The number of carboxylic acid groups (broad SMARTS) is 5. The third kappa shape index (κ3) is 145. The van der Waals surface area contributed by atoms with Crippen LogP contribution in [0.5, 0.6) is 0 Å². The number of nitrogens with two attached hydrogens (primary N) is 5. The number of rotatable bonds is 9. The van der Waals surface area contributed by atoms with E-state index in [0.717, 1.165) is 16.9 Å². The summed E-state index contributed by atoms with van der Waals surface area (Å²) in [6, 6.07) is -0.833. The summed E-state index contributed by atoms with van der Waals surface area (Å²) in [7, 11) is 8.76. The lowest BCUT2D eigenvalue weighted by Gasteiger charge is -2.12. The molecule has 33 nitrogen and oxygen atoms in total. The molecule has 1 heterocycles. The summed E-state index contributed by atoms with van der Waals surface area (Å²) in [5.41, 5.74) is 22.9. The maximum Gasteiger partial charge on any atom is 0.323 e. The molecule has 30 N–H and O–H groups in total. The lowest BCUT2D eigenvalue weighted by molar-refractivity contribution is -0.138. The predicted molar refractivity (Wildman–Crippen MR) is 225 cm³/mol. The largest absolute Gasteiger partial charge is 0.480 e. The highest BCUT2D eigenvalue weighted by molar-refractivity contribution is 6.02. The van der Waals surface area contributed by atoms with Gasteiger partial charge in [0.1, 0.15) is 13.1 Å². The fourth-order valence-corrected chi connectivity index (χ4v) is 1.44. The number of hydrogen-bond donors (Lipinski definition) is 17. The summed E-state index contributed by atoms with van der Waals surface area (Å²) in [5, 5.41) is 74.3. The number of guanidine groups is 3. The van der Waals surface area contributed by atoms with Gasteiger partial charge in [-0.2, -0.15) is 0 Å². The van der Waals surface area contributed by atoms with Crippen LogP contribution in [0.4, 0.5) is 4.79 Å². The van der Waals surface area contributed by atoms with E-state index in [-0.39, 0.29) is 110 Å². The number of primary amides is 2. The number of carbonyl (C=O) groups excluding carboxylic acids is 2. The molecule has 1 saturated heterocycles. The molecule has 59 heavy (non-hydrogen) atoms. The summed E-state index contributed by atoms with van der Waals surface area (Å²) in [6.45, 7) is -0.330. The number of nitrogens with one attached hydrogen (secondary N) is 6. The maximum absolute atomic E-state index is 10.4.